The normalized spacial score (nSPS) is 17.3. The van der Waals surface area contributed by atoms with Gasteiger partial charge in [-0.1, -0.05) is 89.1 Å². The molecular weight excluding hydrogens is 497 g/mol. The Hall–Kier alpha value is -2.95. The van der Waals surface area contributed by atoms with Gasteiger partial charge in [0.25, 0.3) is 0 Å². The maximum Gasteiger partial charge on any atom is 0.200 e. The van der Waals surface area contributed by atoms with E-state index in [-0.39, 0.29) is 24.1 Å². The predicted molar refractivity (Wildman–Crippen MR) is 152 cm³/mol. The quantitative estimate of drug-likeness (QED) is 0.202. The molecule has 1 fully saturated rings. The van der Waals surface area contributed by atoms with Crippen LogP contribution in [0.3, 0.4) is 0 Å². The van der Waals surface area contributed by atoms with Gasteiger partial charge in [0.2, 0.25) is 5.82 Å². The van der Waals surface area contributed by atoms with Crippen LogP contribution in [0.2, 0.25) is 0 Å². The lowest BCUT2D eigenvalue weighted by Gasteiger charge is -2.27. The molecule has 210 valence electrons. The van der Waals surface area contributed by atoms with Crippen molar-refractivity contribution in [2.24, 2.45) is 5.92 Å². The van der Waals surface area contributed by atoms with Gasteiger partial charge in [-0.05, 0) is 66.0 Å². The van der Waals surface area contributed by atoms with Crippen molar-refractivity contribution in [3.05, 3.63) is 83.2 Å². The zero-order valence-electron chi connectivity index (χ0n) is 23.3. The molecule has 0 aliphatic heterocycles. The third-order valence-corrected chi connectivity index (χ3v) is 7.90. The molecule has 5 heteroatoms. The molecule has 0 heterocycles. The van der Waals surface area contributed by atoms with Gasteiger partial charge in [-0.3, -0.25) is 0 Å². The Balaban J connectivity index is 1.30. The Morgan fingerprint density at radius 1 is 0.744 bits per heavy atom. The van der Waals surface area contributed by atoms with Crippen molar-refractivity contribution in [3.63, 3.8) is 0 Å². The van der Waals surface area contributed by atoms with E-state index in [9.17, 15) is 13.2 Å². The van der Waals surface area contributed by atoms with Crippen molar-refractivity contribution >= 4 is 0 Å². The van der Waals surface area contributed by atoms with Crippen molar-refractivity contribution in [2.45, 2.75) is 90.6 Å². The molecule has 1 saturated carbocycles. The van der Waals surface area contributed by atoms with Crippen LogP contribution >= 0.6 is 0 Å². The van der Waals surface area contributed by atoms with Crippen LogP contribution in [-0.2, 0) is 6.61 Å². The standard InChI is InChI=1S/C34H41F3O2/c1-3-4-5-6-7-8-21-38-28-17-18-29(31(35)22-28)26-15-11-25(12-16-26)23-39-32-20-19-30(33(36)34(32)37)27-13-9-24(2)10-14-27/h11-12,15-20,22,24,27H,3-10,13-14,21,23H2,1-2H3. The Morgan fingerprint density at radius 3 is 2.18 bits per heavy atom. The fraction of sp³-hybridized carbons (Fsp3) is 0.471. The molecule has 4 rings (SSSR count). The van der Waals surface area contributed by atoms with Crippen LogP contribution < -0.4 is 9.47 Å². The van der Waals surface area contributed by atoms with Gasteiger partial charge in [0, 0.05) is 11.6 Å². The highest BCUT2D eigenvalue weighted by Crippen LogP contribution is 2.38. The topological polar surface area (TPSA) is 18.5 Å². The van der Waals surface area contributed by atoms with E-state index in [1.165, 1.54) is 37.8 Å². The number of benzene rings is 3. The number of ether oxygens (including phenoxy) is 2. The zero-order valence-corrected chi connectivity index (χ0v) is 23.3. The van der Waals surface area contributed by atoms with Gasteiger partial charge in [-0.2, -0.15) is 4.39 Å². The van der Waals surface area contributed by atoms with Gasteiger partial charge < -0.3 is 9.47 Å². The molecule has 1 aliphatic carbocycles. The van der Waals surface area contributed by atoms with E-state index in [0.717, 1.165) is 49.7 Å². The SMILES string of the molecule is CCCCCCCCOc1ccc(-c2ccc(COc3ccc(C4CCC(C)CC4)c(F)c3F)cc2)c(F)c1. The first-order chi connectivity index (χ1) is 19.0. The minimum absolute atomic E-state index is 0.0682. The van der Waals surface area contributed by atoms with Crippen LogP contribution in [0.25, 0.3) is 11.1 Å². The third-order valence-electron chi connectivity index (χ3n) is 7.90. The van der Waals surface area contributed by atoms with E-state index in [1.807, 2.05) is 12.1 Å². The predicted octanol–water partition coefficient (Wildman–Crippen LogP) is 10.4. The van der Waals surface area contributed by atoms with Gasteiger partial charge in [0.15, 0.2) is 11.6 Å². The Kier molecular flexibility index (Phi) is 10.8. The maximum atomic E-state index is 14.8. The fourth-order valence-electron chi connectivity index (χ4n) is 5.38. The maximum absolute atomic E-state index is 14.8. The molecular formula is C34H41F3O2. The number of hydrogen-bond acceptors (Lipinski definition) is 2. The van der Waals surface area contributed by atoms with E-state index in [0.29, 0.717) is 29.4 Å². The number of halogens is 3. The van der Waals surface area contributed by atoms with Crippen LogP contribution in [0.4, 0.5) is 13.2 Å². The average Bonchev–Trinajstić information content (AvgIpc) is 2.94. The first-order valence-electron chi connectivity index (χ1n) is 14.6. The lowest BCUT2D eigenvalue weighted by molar-refractivity contribution is 0.282. The van der Waals surface area contributed by atoms with Crippen LogP contribution in [-0.4, -0.2) is 6.61 Å². The highest BCUT2D eigenvalue weighted by molar-refractivity contribution is 5.65. The molecule has 39 heavy (non-hydrogen) atoms. The first kappa shape index (κ1) is 29.0. The van der Waals surface area contributed by atoms with Gasteiger partial charge >= 0.3 is 0 Å². The molecule has 0 atom stereocenters. The summed E-state index contributed by atoms with van der Waals surface area (Å²) in [4.78, 5) is 0. The monoisotopic (exact) mass is 538 g/mol. The Morgan fingerprint density at radius 2 is 1.46 bits per heavy atom. The second-order valence-electron chi connectivity index (χ2n) is 11.0. The van der Waals surface area contributed by atoms with Crippen LogP contribution in [0.5, 0.6) is 11.5 Å². The van der Waals surface area contributed by atoms with E-state index in [4.69, 9.17) is 9.47 Å². The summed E-state index contributed by atoms with van der Waals surface area (Å²) in [5.74, 6) is -0.906. The third kappa shape index (κ3) is 8.03. The number of unbranched alkanes of at least 4 members (excludes halogenated alkanes) is 5. The fourth-order valence-corrected chi connectivity index (χ4v) is 5.38. The van der Waals surface area contributed by atoms with E-state index >= 15 is 0 Å². The summed E-state index contributed by atoms with van der Waals surface area (Å²) in [5.41, 5.74) is 2.44. The van der Waals surface area contributed by atoms with Gasteiger partial charge in [-0.25, -0.2) is 8.78 Å². The van der Waals surface area contributed by atoms with Crippen LogP contribution in [0.1, 0.15) is 95.1 Å². The molecule has 0 spiro atoms. The summed E-state index contributed by atoms with van der Waals surface area (Å²) in [6.07, 6.45) is 10.9. The first-order valence-corrected chi connectivity index (χ1v) is 14.6. The lowest BCUT2D eigenvalue weighted by Crippen LogP contribution is -2.13. The molecule has 3 aromatic carbocycles. The Bertz CT molecular complexity index is 1180. The molecule has 0 aromatic heterocycles. The van der Waals surface area contributed by atoms with Crippen molar-refractivity contribution in [1.29, 1.82) is 0 Å². The van der Waals surface area contributed by atoms with Crippen molar-refractivity contribution in [2.75, 3.05) is 6.61 Å². The highest BCUT2D eigenvalue weighted by atomic mass is 19.2. The highest BCUT2D eigenvalue weighted by Gasteiger charge is 2.25. The summed E-state index contributed by atoms with van der Waals surface area (Å²) in [6.45, 7) is 5.08. The second-order valence-corrected chi connectivity index (χ2v) is 11.0. The van der Waals surface area contributed by atoms with Crippen LogP contribution in [0.15, 0.2) is 54.6 Å². The van der Waals surface area contributed by atoms with Gasteiger partial charge in [-0.15, -0.1) is 0 Å². The number of rotatable bonds is 13. The minimum Gasteiger partial charge on any atom is -0.493 e. The zero-order chi connectivity index (χ0) is 27.6. The summed E-state index contributed by atoms with van der Waals surface area (Å²) in [7, 11) is 0. The van der Waals surface area contributed by atoms with Crippen molar-refractivity contribution in [3.8, 4) is 22.6 Å². The summed E-state index contributed by atoms with van der Waals surface area (Å²) in [5, 5.41) is 0. The van der Waals surface area contributed by atoms with Gasteiger partial charge in [0.05, 0.1) is 6.61 Å². The second kappa shape index (κ2) is 14.4. The lowest BCUT2D eigenvalue weighted by atomic mass is 9.79. The molecule has 1 aliphatic rings. The minimum atomic E-state index is -0.927. The molecule has 0 bridgehead atoms. The smallest absolute Gasteiger partial charge is 0.200 e. The van der Waals surface area contributed by atoms with Crippen molar-refractivity contribution < 1.29 is 22.6 Å². The Labute approximate surface area is 231 Å². The summed E-state index contributed by atoms with van der Waals surface area (Å²) in [6, 6.07) is 15.4. The molecule has 3 aromatic rings. The summed E-state index contributed by atoms with van der Waals surface area (Å²) < 4.78 is 55.7. The van der Waals surface area contributed by atoms with Gasteiger partial charge in [0.1, 0.15) is 18.2 Å². The van der Waals surface area contributed by atoms with E-state index < -0.39 is 11.6 Å². The van der Waals surface area contributed by atoms with Crippen molar-refractivity contribution in [1.82, 2.24) is 0 Å². The molecule has 0 N–H and O–H groups in total. The van der Waals surface area contributed by atoms with Crippen LogP contribution in [0, 0.1) is 23.4 Å². The largest absolute Gasteiger partial charge is 0.493 e. The molecule has 0 unspecified atom stereocenters. The molecule has 2 nitrogen and oxygen atoms in total. The molecule has 0 amide bonds. The van der Waals surface area contributed by atoms with E-state index in [1.54, 1.807) is 30.3 Å². The summed E-state index contributed by atoms with van der Waals surface area (Å²) >= 11 is 0. The average molecular weight is 539 g/mol. The number of hydrogen-bond donors (Lipinski definition) is 0. The van der Waals surface area contributed by atoms with E-state index in [2.05, 4.69) is 13.8 Å². The molecule has 0 radical (unpaired) electrons. The molecule has 0 saturated heterocycles.